The molecule has 104 valence electrons. The molecule has 20 heavy (non-hydrogen) atoms. The van der Waals surface area contributed by atoms with Gasteiger partial charge in [0.05, 0.1) is 12.1 Å². The highest BCUT2D eigenvalue weighted by Crippen LogP contribution is 2.18. The number of hydrogen-bond donors (Lipinski definition) is 1. The predicted octanol–water partition coefficient (Wildman–Crippen LogP) is 3.88. The summed E-state index contributed by atoms with van der Waals surface area (Å²) < 4.78 is 26.5. The second-order valence-electron chi connectivity index (χ2n) is 4.65. The molecule has 0 aromatic heterocycles. The zero-order valence-corrected chi connectivity index (χ0v) is 11.3. The van der Waals surface area contributed by atoms with E-state index in [4.69, 9.17) is 0 Å². The summed E-state index contributed by atoms with van der Waals surface area (Å²) in [4.78, 5) is 11.9. The zero-order valence-electron chi connectivity index (χ0n) is 11.3. The number of ketones is 1. The lowest BCUT2D eigenvalue weighted by atomic mass is 10.1. The van der Waals surface area contributed by atoms with Crippen molar-refractivity contribution >= 4 is 11.5 Å². The summed E-state index contributed by atoms with van der Waals surface area (Å²) in [5.41, 5.74) is 2.71. The van der Waals surface area contributed by atoms with Crippen LogP contribution in [0.3, 0.4) is 0 Å². The third-order valence-electron chi connectivity index (χ3n) is 3.27. The molecule has 0 atom stereocenters. The van der Waals surface area contributed by atoms with Gasteiger partial charge in [-0.25, -0.2) is 8.78 Å². The van der Waals surface area contributed by atoms with Crippen LogP contribution >= 0.6 is 0 Å². The number of benzene rings is 2. The number of aryl methyl sites for hydroxylation is 1. The van der Waals surface area contributed by atoms with Gasteiger partial charge in [0.25, 0.3) is 0 Å². The number of Topliss-reactive ketones (excluding diaryl/α,β-unsaturated/α-hetero) is 1. The van der Waals surface area contributed by atoms with Crippen LogP contribution in [0.5, 0.6) is 0 Å². The Kier molecular flexibility index (Phi) is 4.13. The maximum Gasteiger partial charge on any atom is 0.184 e. The summed E-state index contributed by atoms with van der Waals surface area (Å²) in [5.74, 6) is -1.82. The maximum absolute atomic E-state index is 13.5. The molecule has 0 amide bonds. The molecule has 0 fully saturated rings. The molecular weight excluding hydrogens is 260 g/mol. The van der Waals surface area contributed by atoms with Crippen molar-refractivity contribution in [2.45, 2.75) is 13.8 Å². The summed E-state index contributed by atoms with van der Waals surface area (Å²) in [7, 11) is 0. The quantitative estimate of drug-likeness (QED) is 0.858. The van der Waals surface area contributed by atoms with E-state index < -0.39 is 17.4 Å². The molecular formula is C16H15F2NO. The highest BCUT2D eigenvalue weighted by atomic mass is 19.1. The van der Waals surface area contributed by atoms with Crippen molar-refractivity contribution in [1.82, 2.24) is 0 Å². The average molecular weight is 275 g/mol. The molecule has 4 heteroatoms. The Labute approximate surface area is 116 Å². The molecule has 2 rings (SSSR count). The molecule has 0 saturated carbocycles. The van der Waals surface area contributed by atoms with Gasteiger partial charge in [0.2, 0.25) is 0 Å². The van der Waals surface area contributed by atoms with Gasteiger partial charge in [0.15, 0.2) is 5.78 Å². The summed E-state index contributed by atoms with van der Waals surface area (Å²) in [6.45, 7) is 3.82. The number of carbonyl (C=O) groups excluding carboxylic acids is 1. The number of carbonyl (C=O) groups is 1. The fraction of sp³-hybridized carbons (Fsp3) is 0.188. The van der Waals surface area contributed by atoms with Gasteiger partial charge in [-0.2, -0.15) is 0 Å². The van der Waals surface area contributed by atoms with E-state index in [9.17, 15) is 13.6 Å². The van der Waals surface area contributed by atoms with Crippen molar-refractivity contribution in [2.75, 3.05) is 11.9 Å². The second kappa shape index (κ2) is 5.82. The van der Waals surface area contributed by atoms with E-state index in [1.807, 2.05) is 32.0 Å². The molecule has 0 bridgehead atoms. The molecule has 0 heterocycles. The molecule has 0 aliphatic carbocycles. The van der Waals surface area contributed by atoms with Gasteiger partial charge < -0.3 is 5.32 Å². The largest absolute Gasteiger partial charge is 0.377 e. The SMILES string of the molecule is Cc1cccc(NCC(=O)c2cc(F)ccc2F)c1C. The number of halogens is 2. The summed E-state index contributed by atoms with van der Waals surface area (Å²) in [6, 6.07) is 8.55. The summed E-state index contributed by atoms with van der Waals surface area (Å²) >= 11 is 0. The second-order valence-corrected chi connectivity index (χ2v) is 4.65. The monoisotopic (exact) mass is 275 g/mol. The molecule has 0 spiro atoms. The molecule has 2 aromatic carbocycles. The molecule has 1 N–H and O–H groups in total. The summed E-state index contributed by atoms with van der Waals surface area (Å²) in [6.07, 6.45) is 0. The number of nitrogens with one attached hydrogen (secondary N) is 1. The van der Waals surface area contributed by atoms with Crippen LogP contribution in [-0.2, 0) is 0 Å². The molecule has 0 radical (unpaired) electrons. The maximum atomic E-state index is 13.5. The van der Waals surface area contributed by atoms with E-state index in [1.54, 1.807) is 0 Å². The third kappa shape index (κ3) is 3.02. The lowest BCUT2D eigenvalue weighted by Gasteiger charge is -2.11. The van der Waals surface area contributed by atoms with Crippen LogP contribution in [0.2, 0.25) is 0 Å². The van der Waals surface area contributed by atoms with E-state index in [0.717, 1.165) is 35.0 Å². The van der Waals surface area contributed by atoms with E-state index in [0.29, 0.717) is 0 Å². The Bertz CT molecular complexity index is 653. The summed E-state index contributed by atoms with van der Waals surface area (Å²) in [5, 5.41) is 2.96. The molecule has 2 nitrogen and oxygen atoms in total. The lowest BCUT2D eigenvalue weighted by molar-refractivity contribution is 0.100. The first kappa shape index (κ1) is 14.2. The van der Waals surface area contributed by atoms with Crippen LogP contribution < -0.4 is 5.32 Å². The minimum Gasteiger partial charge on any atom is -0.377 e. The van der Waals surface area contributed by atoms with Crippen LogP contribution in [0.1, 0.15) is 21.5 Å². The fourth-order valence-corrected chi connectivity index (χ4v) is 1.92. The van der Waals surface area contributed by atoms with Crippen molar-refractivity contribution < 1.29 is 13.6 Å². The standard InChI is InChI=1S/C16H15F2NO/c1-10-4-3-5-15(11(10)2)19-9-16(20)13-8-12(17)6-7-14(13)18/h3-8,19H,9H2,1-2H3. The molecule has 0 saturated heterocycles. The van der Waals surface area contributed by atoms with E-state index >= 15 is 0 Å². The van der Waals surface area contributed by atoms with Crippen LogP contribution in [0, 0.1) is 25.5 Å². The van der Waals surface area contributed by atoms with Gasteiger partial charge in [0, 0.05) is 5.69 Å². The molecule has 2 aromatic rings. The first-order valence-electron chi connectivity index (χ1n) is 6.27. The molecule has 0 unspecified atom stereocenters. The van der Waals surface area contributed by atoms with E-state index in [2.05, 4.69) is 5.32 Å². The van der Waals surface area contributed by atoms with Gasteiger partial charge in [0.1, 0.15) is 11.6 Å². The predicted molar refractivity (Wildman–Crippen MR) is 75.1 cm³/mol. The van der Waals surface area contributed by atoms with Gasteiger partial charge in [-0.05, 0) is 49.2 Å². The molecule has 0 aliphatic heterocycles. The van der Waals surface area contributed by atoms with Crippen LogP contribution in [0.25, 0.3) is 0 Å². The van der Waals surface area contributed by atoms with Crippen LogP contribution in [0.15, 0.2) is 36.4 Å². The van der Waals surface area contributed by atoms with Crippen molar-refractivity contribution in [3.63, 3.8) is 0 Å². The van der Waals surface area contributed by atoms with Crippen molar-refractivity contribution in [1.29, 1.82) is 0 Å². The number of anilines is 1. The Morgan fingerprint density at radius 1 is 1.15 bits per heavy atom. The fourth-order valence-electron chi connectivity index (χ4n) is 1.92. The zero-order chi connectivity index (χ0) is 14.7. The van der Waals surface area contributed by atoms with Crippen molar-refractivity contribution in [3.05, 3.63) is 64.7 Å². The number of rotatable bonds is 4. The molecule has 0 aliphatic rings. The van der Waals surface area contributed by atoms with Gasteiger partial charge in [-0.3, -0.25) is 4.79 Å². The van der Waals surface area contributed by atoms with E-state index in [1.165, 1.54) is 0 Å². The Morgan fingerprint density at radius 3 is 2.65 bits per heavy atom. The highest BCUT2D eigenvalue weighted by Gasteiger charge is 2.13. The minimum atomic E-state index is -0.709. The normalized spacial score (nSPS) is 10.4. The first-order valence-corrected chi connectivity index (χ1v) is 6.27. The van der Waals surface area contributed by atoms with E-state index in [-0.39, 0.29) is 12.1 Å². The van der Waals surface area contributed by atoms with Gasteiger partial charge in [-0.15, -0.1) is 0 Å². The van der Waals surface area contributed by atoms with Gasteiger partial charge >= 0.3 is 0 Å². The first-order chi connectivity index (χ1) is 9.49. The topological polar surface area (TPSA) is 29.1 Å². The number of hydrogen-bond acceptors (Lipinski definition) is 2. The highest BCUT2D eigenvalue weighted by molar-refractivity contribution is 5.99. The van der Waals surface area contributed by atoms with Crippen LogP contribution in [-0.4, -0.2) is 12.3 Å². The minimum absolute atomic E-state index is 0.0787. The van der Waals surface area contributed by atoms with Crippen molar-refractivity contribution in [2.24, 2.45) is 0 Å². The average Bonchev–Trinajstić information content (AvgIpc) is 2.43. The van der Waals surface area contributed by atoms with Crippen LogP contribution in [0.4, 0.5) is 14.5 Å². The third-order valence-corrected chi connectivity index (χ3v) is 3.27. The lowest BCUT2D eigenvalue weighted by Crippen LogP contribution is -2.16. The Balaban J connectivity index is 2.13. The smallest absolute Gasteiger partial charge is 0.184 e. The van der Waals surface area contributed by atoms with Crippen molar-refractivity contribution in [3.8, 4) is 0 Å². The van der Waals surface area contributed by atoms with Gasteiger partial charge in [-0.1, -0.05) is 12.1 Å². The Hall–Kier alpha value is -2.23. The Morgan fingerprint density at radius 2 is 1.90 bits per heavy atom.